The van der Waals surface area contributed by atoms with E-state index in [1.807, 2.05) is 13.8 Å². The molecule has 0 amide bonds. The van der Waals surface area contributed by atoms with E-state index in [0.29, 0.717) is 22.9 Å². The van der Waals surface area contributed by atoms with Crippen LogP contribution in [0.2, 0.25) is 0 Å². The van der Waals surface area contributed by atoms with Gasteiger partial charge < -0.3 is 5.32 Å². The molecule has 2 unspecified atom stereocenters. The van der Waals surface area contributed by atoms with Crippen LogP contribution in [0, 0.1) is 11.8 Å². The van der Waals surface area contributed by atoms with Gasteiger partial charge in [0.1, 0.15) is 4.90 Å². The second kappa shape index (κ2) is 4.76. The van der Waals surface area contributed by atoms with E-state index in [1.54, 1.807) is 16.6 Å². The van der Waals surface area contributed by atoms with Crippen LogP contribution in [-0.4, -0.2) is 42.9 Å². The molecule has 7 heteroatoms. The summed E-state index contributed by atoms with van der Waals surface area (Å²) in [4.78, 5) is 4.23. The zero-order valence-electron chi connectivity index (χ0n) is 11.5. The number of nitrogens with one attached hydrogen (secondary N) is 1. The van der Waals surface area contributed by atoms with Gasteiger partial charge in [0.05, 0.1) is 0 Å². The van der Waals surface area contributed by atoms with Crippen molar-refractivity contribution < 1.29 is 8.42 Å². The van der Waals surface area contributed by atoms with E-state index in [1.165, 1.54) is 6.20 Å². The predicted molar refractivity (Wildman–Crippen MR) is 79.8 cm³/mol. The highest BCUT2D eigenvalue weighted by molar-refractivity contribution is 9.10. The van der Waals surface area contributed by atoms with Gasteiger partial charge in [-0.1, -0.05) is 0 Å². The Kier molecular flexibility index (Phi) is 3.44. The average molecular weight is 360 g/mol. The van der Waals surface area contributed by atoms with Crippen molar-refractivity contribution in [2.24, 2.45) is 11.8 Å². The van der Waals surface area contributed by atoms with E-state index < -0.39 is 10.0 Å². The summed E-state index contributed by atoms with van der Waals surface area (Å²) in [6, 6.07) is 1.62. The lowest BCUT2D eigenvalue weighted by molar-refractivity contribution is 0.233. The SMILES string of the molecule is CC1(C)C2CNCC2CN1S(=O)(=O)c1cncc(Br)c1. The lowest BCUT2D eigenvalue weighted by atomic mass is 9.85. The van der Waals surface area contributed by atoms with E-state index in [4.69, 9.17) is 0 Å². The number of fused-ring (bicyclic) bond motifs is 1. The van der Waals surface area contributed by atoms with Crippen LogP contribution in [0.3, 0.4) is 0 Å². The smallest absolute Gasteiger partial charge is 0.245 e. The molecule has 0 bridgehead atoms. The van der Waals surface area contributed by atoms with Crippen molar-refractivity contribution in [1.82, 2.24) is 14.6 Å². The molecule has 3 rings (SSSR count). The summed E-state index contributed by atoms with van der Waals surface area (Å²) < 4.78 is 28.1. The summed E-state index contributed by atoms with van der Waals surface area (Å²) in [7, 11) is -3.50. The third-order valence-corrected chi connectivity index (χ3v) is 7.01. The minimum atomic E-state index is -3.50. The van der Waals surface area contributed by atoms with Gasteiger partial charge in [0, 0.05) is 35.5 Å². The van der Waals surface area contributed by atoms with Gasteiger partial charge in [0.15, 0.2) is 0 Å². The molecule has 2 aliphatic heterocycles. The zero-order chi connectivity index (χ0) is 14.5. The van der Waals surface area contributed by atoms with Crippen LogP contribution < -0.4 is 5.32 Å². The van der Waals surface area contributed by atoms with Crippen LogP contribution in [0.25, 0.3) is 0 Å². The highest BCUT2D eigenvalue weighted by Gasteiger charge is 2.54. The summed E-state index contributed by atoms with van der Waals surface area (Å²) in [5, 5.41) is 3.36. The quantitative estimate of drug-likeness (QED) is 0.868. The highest BCUT2D eigenvalue weighted by atomic mass is 79.9. The normalized spacial score (nSPS) is 29.6. The maximum absolute atomic E-state index is 12.9. The number of hydrogen-bond donors (Lipinski definition) is 1. The third kappa shape index (κ3) is 2.11. The van der Waals surface area contributed by atoms with Crippen LogP contribution in [-0.2, 0) is 10.0 Å². The number of rotatable bonds is 2. The monoisotopic (exact) mass is 359 g/mol. The molecule has 110 valence electrons. The van der Waals surface area contributed by atoms with Gasteiger partial charge in [0.2, 0.25) is 10.0 Å². The number of hydrogen-bond acceptors (Lipinski definition) is 4. The molecule has 0 radical (unpaired) electrons. The van der Waals surface area contributed by atoms with Crippen LogP contribution in [0.4, 0.5) is 0 Å². The van der Waals surface area contributed by atoms with Gasteiger partial charge in [-0.25, -0.2) is 8.42 Å². The molecule has 2 saturated heterocycles. The molecular formula is C13H18BrN3O2S. The molecular weight excluding hydrogens is 342 g/mol. The highest BCUT2D eigenvalue weighted by Crippen LogP contribution is 2.43. The number of pyridine rings is 1. The molecule has 20 heavy (non-hydrogen) atoms. The Bertz CT molecular complexity index is 632. The molecule has 0 saturated carbocycles. The van der Waals surface area contributed by atoms with Gasteiger partial charge in [-0.15, -0.1) is 0 Å². The molecule has 2 fully saturated rings. The van der Waals surface area contributed by atoms with Crippen molar-refractivity contribution in [2.75, 3.05) is 19.6 Å². The fraction of sp³-hybridized carbons (Fsp3) is 0.615. The maximum atomic E-state index is 12.9. The predicted octanol–water partition coefficient (Wildman–Crippen LogP) is 1.46. The molecule has 2 aliphatic rings. The number of aromatic nitrogens is 1. The summed E-state index contributed by atoms with van der Waals surface area (Å²) >= 11 is 3.28. The first kappa shape index (κ1) is 14.4. The summed E-state index contributed by atoms with van der Waals surface area (Å²) in [5.74, 6) is 0.775. The largest absolute Gasteiger partial charge is 0.316 e. The Morgan fingerprint density at radius 1 is 1.40 bits per heavy atom. The Hall–Kier alpha value is -0.500. The van der Waals surface area contributed by atoms with Crippen molar-refractivity contribution in [3.05, 3.63) is 22.9 Å². The van der Waals surface area contributed by atoms with E-state index in [9.17, 15) is 8.42 Å². The van der Waals surface area contributed by atoms with Crippen molar-refractivity contribution in [3.63, 3.8) is 0 Å². The van der Waals surface area contributed by atoms with Crippen molar-refractivity contribution in [1.29, 1.82) is 0 Å². The second-order valence-electron chi connectivity index (χ2n) is 6.05. The van der Waals surface area contributed by atoms with Crippen LogP contribution in [0.5, 0.6) is 0 Å². The van der Waals surface area contributed by atoms with E-state index in [0.717, 1.165) is 13.1 Å². The van der Waals surface area contributed by atoms with E-state index in [-0.39, 0.29) is 10.4 Å². The Morgan fingerprint density at radius 3 is 2.80 bits per heavy atom. The minimum Gasteiger partial charge on any atom is -0.316 e. The molecule has 1 aromatic heterocycles. The summed E-state index contributed by atoms with van der Waals surface area (Å²) in [6.45, 7) is 6.41. The van der Waals surface area contributed by atoms with Crippen LogP contribution >= 0.6 is 15.9 Å². The van der Waals surface area contributed by atoms with E-state index >= 15 is 0 Å². The van der Waals surface area contributed by atoms with Crippen LogP contribution in [0.15, 0.2) is 27.8 Å². The molecule has 1 aromatic rings. The third-order valence-electron chi connectivity index (χ3n) is 4.56. The Morgan fingerprint density at radius 2 is 2.15 bits per heavy atom. The van der Waals surface area contributed by atoms with Crippen LogP contribution in [0.1, 0.15) is 13.8 Å². The minimum absolute atomic E-state index is 0.257. The lowest BCUT2D eigenvalue weighted by Gasteiger charge is -2.34. The van der Waals surface area contributed by atoms with Crippen molar-refractivity contribution >= 4 is 26.0 Å². The molecule has 1 N–H and O–H groups in total. The first-order valence-electron chi connectivity index (χ1n) is 6.67. The van der Waals surface area contributed by atoms with Gasteiger partial charge >= 0.3 is 0 Å². The molecule has 0 spiro atoms. The summed E-state index contributed by atoms with van der Waals surface area (Å²) in [6.07, 6.45) is 3.01. The van der Waals surface area contributed by atoms with Gasteiger partial charge in [-0.05, 0) is 54.2 Å². The topological polar surface area (TPSA) is 62.3 Å². The fourth-order valence-electron chi connectivity index (χ4n) is 3.45. The van der Waals surface area contributed by atoms with E-state index in [2.05, 4.69) is 26.2 Å². The van der Waals surface area contributed by atoms with Gasteiger partial charge in [0.25, 0.3) is 0 Å². The Balaban J connectivity index is 2.00. The molecule has 3 heterocycles. The van der Waals surface area contributed by atoms with Gasteiger partial charge in [-0.3, -0.25) is 4.98 Å². The molecule has 0 aromatic carbocycles. The fourth-order valence-corrected chi connectivity index (χ4v) is 5.84. The Labute approximate surface area is 127 Å². The lowest BCUT2D eigenvalue weighted by Crippen LogP contribution is -2.47. The summed E-state index contributed by atoms with van der Waals surface area (Å²) in [5.41, 5.74) is -0.366. The molecule has 0 aliphatic carbocycles. The zero-order valence-corrected chi connectivity index (χ0v) is 13.9. The number of sulfonamides is 1. The molecule has 2 atom stereocenters. The second-order valence-corrected chi connectivity index (χ2v) is 8.83. The van der Waals surface area contributed by atoms with Gasteiger partial charge in [-0.2, -0.15) is 4.31 Å². The first-order valence-corrected chi connectivity index (χ1v) is 8.91. The standard InChI is InChI=1S/C13H18BrN3O2S/c1-13(2)12-7-15-4-9(12)8-17(13)20(18,19)11-3-10(14)5-16-6-11/h3,5-6,9,12,15H,4,7-8H2,1-2H3. The first-order chi connectivity index (χ1) is 9.33. The van der Waals surface area contributed by atoms with Crippen molar-refractivity contribution in [2.45, 2.75) is 24.3 Å². The molecule has 5 nitrogen and oxygen atoms in total. The van der Waals surface area contributed by atoms with Crippen molar-refractivity contribution in [3.8, 4) is 0 Å². The number of halogens is 1. The average Bonchev–Trinajstić information content (AvgIpc) is 2.92. The number of nitrogens with zero attached hydrogens (tertiary/aromatic N) is 2. The maximum Gasteiger partial charge on any atom is 0.245 e.